The molecular weight excluding hydrogens is 554 g/mol. The van der Waals surface area contributed by atoms with Crippen molar-refractivity contribution < 1.29 is 38.0 Å². The van der Waals surface area contributed by atoms with Crippen LogP contribution in [-0.4, -0.2) is 55.7 Å². The Bertz CT molecular complexity index is 1510. The SMILES string of the molecule is COc1cc(C(=O)N[C@H]2CCc3c(Cl)c(OC)c(OC)c(OC)c3-c3ccc(OC)c(=O)cc32)cc(OC)c1OC. The average molecular weight is 586 g/mol. The average Bonchev–Trinajstić information content (AvgIpc) is 3.24. The molecule has 3 aromatic rings. The number of methoxy groups -OCH3 is 7. The quantitative estimate of drug-likeness (QED) is 0.377. The number of rotatable bonds is 9. The summed E-state index contributed by atoms with van der Waals surface area (Å²) in [6.45, 7) is 0. The lowest BCUT2D eigenvalue weighted by molar-refractivity contribution is 0.0934. The van der Waals surface area contributed by atoms with Gasteiger partial charge in [-0.05, 0) is 53.8 Å². The van der Waals surface area contributed by atoms with Crippen LogP contribution < -0.4 is 43.9 Å². The molecule has 0 unspecified atom stereocenters. The van der Waals surface area contributed by atoms with E-state index in [-0.39, 0.29) is 16.7 Å². The summed E-state index contributed by atoms with van der Waals surface area (Å²) < 4.78 is 38.6. The summed E-state index contributed by atoms with van der Waals surface area (Å²) in [4.78, 5) is 26.8. The molecule has 0 saturated carbocycles. The highest BCUT2D eigenvalue weighted by Crippen LogP contribution is 2.54. The van der Waals surface area contributed by atoms with Crippen molar-refractivity contribution in [2.45, 2.75) is 18.9 Å². The maximum Gasteiger partial charge on any atom is 0.252 e. The molecule has 41 heavy (non-hydrogen) atoms. The first kappa shape index (κ1) is 29.7. The fourth-order valence-electron chi connectivity index (χ4n) is 5.14. The number of fused-ring (bicyclic) bond motifs is 3. The highest BCUT2D eigenvalue weighted by molar-refractivity contribution is 6.34. The topological polar surface area (TPSA) is 111 Å². The largest absolute Gasteiger partial charge is 0.493 e. The third kappa shape index (κ3) is 5.27. The molecule has 1 aliphatic rings. The first-order chi connectivity index (χ1) is 19.8. The second-order valence-electron chi connectivity index (χ2n) is 9.03. The van der Waals surface area contributed by atoms with E-state index in [9.17, 15) is 9.59 Å². The summed E-state index contributed by atoms with van der Waals surface area (Å²) in [5, 5.41) is 3.43. The van der Waals surface area contributed by atoms with Gasteiger partial charge in [-0.25, -0.2) is 0 Å². The minimum atomic E-state index is -0.605. The van der Waals surface area contributed by atoms with E-state index < -0.39 is 11.9 Å². The zero-order valence-corrected chi connectivity index (χ0v) is 24.7. The minimum absolute atomic E-state index is 0.139. The third-order valence-corrected chi connectivity index (χ3v) is 7.44. The second-order valence-corrected chi connectivity index (χ2v) is 9.40. The van der Waals surface area contributed by atoms with Gasteiger partial charge in [0.05, 0.1) is 60.8 Å². The molecule has 0 heterocycles. The number of nitrogens with one attached hydrogen (secondary N) is 1. The van der Waals surface area contributed by atoms with Gasteiger partial charge in [0.2, 0.25) is 16.9 Å². The standard InChI is InChI=1S/C30H32ClNO9/c1-35-21-11-9-16-18(14-20(21)33)19(32-30(34)15-12-22(36-2)26(38-4)23(13-15)37-3)10-8-17-24(16)27(39-5)29(41-7)28(40-6)25(17)31/h9,11-14,19H,8,10H2,1-7H3,(H,32,34)/t19-/m0/s1. The number of hydrogen-bond donors (Lipinski definition) is 1. The summed E-state index contributed by atoms with van der Waals surface area (Å²) in [7, 11) is 10.4. The van der Waals surface area contributed by atoms with Crippen LogP contribution in [-0.2, 0) is 6.42 Å². The van der Waals surface area contributed by atoms with Gasteiger partial charge in [-0.2, -0.15) is 0 Å². The Balaban J connectivity index is 1.93. The van der Waals surface area contributed by atoms with Crippen LogP contribution in [0, 0.1) is 0 Å². The predicted octanol–water partition coefficient (Wildman–Crippen LogP) is 4.84. The van der Waals surface area contributed by atoms with Crippen molar-refractivity contribution in [1.82, 2.24) is 5.32 Å². The monoisotopic (exact) mass is 585 g/mol. The molecule has 1 atom stereocenters. The zero-order valence-electron chi connectivity index (χ0n) is 23.9. The molecule has 4 rings (SSSR count). The Morgan fingerprint density at radius 1 is 0.756 bits per heavy atom. The Morgan fingerprint density at radius 3 is 1.88 bits per heavy atom. The third-order valence-electron chi connectivity index (χ3n) is 7.04. The van der Waals surface area contributed by atoms with Gasteiger partial charge in [-0.15, -0.1) is 0 Å². The van der Waals surface area contributed by atoms with Crippen molar-refractivity contribution in [1.29, 1.82) is 0 Å². The van der Waals surface area contributed by atoms with Crippen LogP contribution in [0.4, 0.5) is 0 Å². The van der Waals surface area contributed by atoms with Gasteiger partial charge in [0.1, 0.15) is 0 Å². The molecule has 0 aromatic heterocycles. The smallest absolute Gasteiger partial charge is 0.252 e. The Hall–Kier alpha value is -4.31. The van der Waals surface area contributed by atoms with Crippen molar-refractivity contribution >= 4 is 17.5 Å². The van der Waals surface area contributed by atoms with Gasteiger partial charge in [0.25, 0.3) is 5.91 Å². The number of amides is 1. The van der Waals surface area contributed by atoms with Crippen LogP contribution >= 0.6 is 11.6 Å². The Labute approximate surface area is 243 Å². The first-order valence-corrected chi connectivity index (χ1v) is 13.0. The number of benzene rings is 2. The highest BCUT2D eigenvalue weighted by atomic mass is 35.5. The van der Waals surface area contributed by atoms with E-state index in [1.807, 2.05) is 0 Å². The van der Waals surface area contributed by atoms with Crippen molar-refractivity contribution in [3.8, 4) is 51.4 Å². The van der Waals surface area contributed by atoms with E-state index in [1.54, 1.807) is 24.3 Å². The summed E-state index contributed by atoms with van der Waals surface area (Å²) in [6.07, 6.45) is 0.828. The molecule has 0 saturated heterocycles. The second kappa shape index (κ2) is 12.5. The van der Waals surface area contributed by atoms with Crippen LogP contribution in [0.1, 0.15) is 33.9 Å². The fraction of sp³-hybridized carbons (Fsp3) is 0.333. The summed E-state index contributed by atoms with van der Waals surface area (Å²) in [5.74, 6) is 1.78. The van der Waals surface area contributed by atoms with E-state index in [0.29, 0.717) is 69.1 Å². The zero-order chi connectivity index (χ0) is 29.8. The van der Waals surface area contributed by atoms with Crippen LogP contribution in [0.3, 0.4) is 0 Å². The van der Waals surface area contributed by atoms with Gasteiger partial charge >= 0.3 is 0 Å². The molecule has 1 aliphatic carbocycles. The number of halogens is 1. The highest BCUT2D eigenvalue weighted by Gasteiger charge is 2.33. The molecule has 0 bridgehead atoms. The van der Waals surface area contributed by atoms with Gasteiger partial charge < -0.3 is 38.5 Å². The van der Waals surface area contributed by atoms with Crippen molar-refractivity contribution in [2.75, 3.05) is 49.8 Å². The van der Waals surface area contributed by atoms with E-state index in [2.05, 4.69) is 5.32 Å². The summed E-state index contributed by atoms with van der Waals surface area (Å²) in [5.41, 5.74) is 2.46. The number of carbonyl (C=O) groups excluding carboxylic acids is 1. The lowest BCUT2D eigenvalue weighted by Gasteiger charge is -2.21. The Kier molecular flexibility index (Phi) is 9.02. The predicted molar refractivity (Wildman–Crippen MR) is 154 cm³/mol. The maximum atomic E-state index is 13.7. The molecule has 10 nitrogen and oxygen atoms in total. The number of ether oxygens (including phenoxy) is 7. The molecule has 0 radical (unpaired) electrons. The first-order valence-electron chi connectivity index (χ1n) is 12.6. The molecule has 1 N–H and O–H groups in total. The van der Waals surface area contributed by atoms with Crippen LogP contribution in [0.2, 0.25) is 5.02 Å². The Morgan fingerprint density at radius 2 is 1.34 bits per heavy atom. The van der Waals surface area contributed by atoms with E-state index in [1.165, 1.54) is 55.8 Å². The molecular formula is C30H32ClNO9. The van der Waals surface area contributed by atoms with Gasteiger partial charge in [-0.3, -0.25) is 9.59 Å². The van der Waals surface area contributed by atoms with E-state index in [0.717, 1.165) is 5.56 Å². The van der Waals surface area contributed by atoms with E-state index >= 15 is 0 Å². The molecule has 0 spiro atoms. The molecule has 0 fully saturated rings. The van der Waals surface area contributed by atoms with Crippen molar-refractivity contribution in [3.63, 3.8) is 0 Å². The van der Waals surface area contributed by atoms with Gasteiger partial charge in [0, 0.05) is 11.1 Å². The van der Waals surface area contributed by atoms with Crippen LogP contribution in [0.15, 0.2) is 35.1 Å². The summed E-state index contributed by atoms with van der Waals surface area (Å²) in [6, 6.07) is 7.32. The molecule has 0 aliphatic heterocycles. The van der Waals surface area contributed by atoms with Crippen molar-refractivity contribution in [2.24, 2.45) is 0 Å². The normalized spacial score (nSPS) is 13.6. The maximum absolute atomic E-state index is 13.7. The van der Waals surface area contributed by atoms with Crippen LogP contribution in [0.25, 0.3) is 11.1 Å². The number of hydrogen-bond acceptors (Lipinski definition) is 9. The fourth-order valence-corrected chi connectivity index (χ4v) is 5.49. The minimum Gasteiger partial charge on any atom is -0.493 e. The van der Waals surface area contributed by atoms with Gasteiger partial charge in [0.15, 0.2) is 28.7 Å². The summed E-state index contributed by atoms with van der Waals surface area (Å²) >= 11 is 6.87. The molecule has 11 heteroatoms. The van der Waals surface area contributed by atoms with Gasteiger partial charge in [-0.1, -0.05) is 17.7 Å². The van der Waals surface area contributed by atoms with Crippen molar-refractivity contribution in [3.05, 3.63) is 62.3 Å². The molecule has 1 amide bonds. The van der Waals surface area contributed by atoms with E-state index in [4.69, 9.17) is 44.8 Å². The molecule has 3 aromatic carbocycles. The van der Waals surface area contributed by atoms with Crippen LogP contribution in [0.5, 0.6) is 40.2 Å². The number of carbonyl (C=O) groups is 1. The lowest BCUT2D eigenvalue weighted by atomic mass is 9.95. The molecule has 218 valence electrons. The lowest BCUT2D eigenvalue weighted by Crippen LogP contribution is -2.29.